The predicted molar refractivity (Wildman–Crippen MR) is 81.9 cm³/mol. The first-order valence-electron chi connectivity index (χ1n) is 7.48. The van der Waals surface area contributed by atoms with Crippen molar-refractivity contribution in [3.8, 4) is 0 Å². The summed E-state index contributed by atoms with van der Waals surface area (Å²) >= 11 is 5.93. The van der Waals surface area contributed by atoms with Gasteiger partial charge in [-0.25, -0.2) is 0 Å². The van der Waals surface area contributed by atoms with Gasteiger partial charge in [-0.3, -0.25) is 4.79 Å². The Labute approximate surface area is 125 Å². The Hall–Kier alpha value is -1.02. The van der Waals surface area contributed by atoms with Gasteiger partial charge in [0.15, 0.2) is 0 Å². The average Bonchev–Trinajstić information content (AvgIpc) is 3.12. The Morgan fingerprint density at radius 2 is 1.85 bits per heavy atom. The van der Waals surface area contributed by atoms with Gasteiger partial charge in [0.1, 0.15) is 0 Å². The quantitative estimate of drug-likeness (QED) is 0.894. The number of hydrogen-bond acceptors (Lipinski definition) is 1. The largest absolute Gasteiger partial charge is 0.353 e. The third-order valence-electron chi connectivity index (χ3n) is 4.89. The highest BCUT2D eigenvalue weighted by Crippen LogP contribution is 2.49. The van der Waals surface area contributed by atoms with Gasteiger partial charge in [0.25, 0.3) is 0 Å². The fourth-order valence-electron chi connectivity index (χ4n) is 3.42. The molecule has 0 heterocycles. The summed E-state index contributed by atoms with van der Waals surface area (Å²) in [5, 5.41) is 4.00. The molecule has 1 amide bonds. The SMILES string of the molecule is CC1(C)CCC(NC(=O)C2(c3ccc(Cl)cc3)CC2)C1. The molecule has 0 bridgehead atoms. The number of rotatable bonds is 3. The molecule has 2 aliphatic rings. The second-order valence-corrected chi connectivity index (χ2v) is 7.60. The molecule has 1 aromatic carbocycles. The van der Waals surface area contributed by atoms with Crippen LogP contribution in [0.4, 0.5) is 0 Å². The molecule has 2 nitrogen and oxygen atoms in total. The fraction of sp³-hybridized carbons (Fsp3) is 0.588. The highest BCUT2D eigenvalue weighted by Gasteiger charge is 2.51. The minimum absolute atomic E-state index is 0.211. The van der Waals surface area contributed by atoms with Crippen LogP contribution in [0.15, 0.2) is 24.3 Å². The first-order chi connectivity index (χ1) is 9.41. The fourth-order valence-corrected chi connectivity index (χ4v) is 3.55. The minimum atomic E-state index is -0.280. The summed E-state index contributed by atoms with van der Waals surface area (Å²) in [4.78, 5) is 12.6. The maximum Gasteiger partial charge on any atom is 0.230 e. The topological polar surface area (TPSA) is 29.1 Å². The van der Waals surface area contributed by atoms with Crippen LogP contribution < -0.4 is 5.32 Å². The maximum absolute atomic E-state index is 12.6. The lowest BCUT2D eigenvalue weighted by molar-refractivity contribution is -0.124. The minimum Gasteiger partial charge on any atom is -0.353 e. The molecule has 3 heteroatoms. The van der Waals surface area contributed by atoms with E-state index < -0.39 is 0 Å². The van der Waals surface area contributed by atoms with Crippen molar-refractivity contribution in [2.45, 2.75) is 57.4 Å². The summed E-state index contributed by atoms with van der Waals surface area (Å²) in [6, 6.07) is 8.09. The first-order valence-corrected chi connectivity index (χ1v) is 7.86. The highest BCUT2D eigenvalue weighted by molar-refractivity contribution is 6.30. The van der Waals surface area contributed by atoms with Crippen LogP contribution in [0.5, 0.6) is 0 Å². The van der Waals surface area contributed by atoms with Gasteiger partial charge < -0.3 is 5.32 Å². The van der Waals surface area contributed by atoms with Crippen LogP contribution in [0.1, 0.15) is 51.5 Å². The lowest BCUT2D eigenvalue weighted by atomic mass is 9.91. The second kappa shape index (κ2) is 4.77. The normalized spacial score (nSPS) is 26.2. The van der Waals surface area contributed by atoms with E-state index in [1.807, 2.05) is 24.3 Å². The van der Waals surface area contributed by atoms with Gasteiger partial charge in [0, 0.05) is 11.1 Å². The number of hydrogen-bond donors (Lipinski definition) is 1. The van der Waals surface area contributed by atoms with E-state index in [1.165, 1.54) is 6.42 Å². The number of carbonyl (C=O) groups is 1. The molecule has 3 rings (SSSR count). The molecule has 0 saturated heterocycles. The number of nitrogens with one attached hydrogen (secondary N) is 1. The Kier molecular flexibility index (Phi) is 3.32. The van der Waals surface area contributed by atoms with Gasteiger partial charge >= 0.3 is 0 Å². The molecule has 20 heavy (non-hydrogen) atoms. The smallest absolute Gasteiger partial charge is 0.230 e. The Bertz CT molecular complexity index is 516. The highest BCUT2D eigenvalue weighted by atomic mass is 35.5. The van der Waals surface area contributed by atoms with Gasteiger partial charge in [-0.1, -0.05) is 37.6 Å². The van der Waals surface area contributed by atoms with Gasteiger partial charge in [0.05, 0.1) is 5.41 Å². The molecule has 108 valence electrons. The van der Waals surface area contributed by atoms with Crippen LogP contribution in [0.3, 0.4) is 0 Å². The number of halogens is 1. The summed E-state index contributed by atoms with van der Waals surface area (Å²) in [6.07, 6.45) is 5.31. The van der Waals surface area contributed by atoms with Crippen molar-refractivity contribution in [1.82, 2.24) is 5.32 Å². The van der Waals surface area contributed by atoms with Crippen LogP contribution in [0.25, 0.3) is 0 Å². The van der Waals surface area contributed by atoms with E-state index in [1.54, 1.807) is 0 Å². The van der Waals surface area contributed by atoms with Crippen molar-refractivity contribution in [1.29, 1.82) is 0 Å². The first kappa shape index (κ1) is 13.9. The van der Waals surface area contributed by atoms with Crippen molar-refractivity contribution < 1.29 is 4.79 Å². The van der Waals surface area contributed by atoms with Gasteiger partial charge in [-0.2, -0.15) is 0 Å². The van der Waals surface area contributed by atoms with Crippen LogP contribution in [-0.2, 0) is 10.2 Å². The number of benzene rings is 1. The van der Waals surface area contributed by atoms with Gasteiger partial charge in [-0.15, -0.1) is 0 Å². The molecule has 1 unspecified atom stereocenters. The zero-order valence-corrected chi connectivity index (χ0v) is 13.0. The van der Waals surface area contributed by atoms with Crippen LogP contribution in [-0.4, -0.2) is 11.9 Å². The zero-order chi connectivity index (χ0) is 14.4. The molecule has 1 aromatic rings. The van der Waals surface area contributed by atoms with Gasteiger partial charge in [0.2, 0.25) is 5.91 Å². The summed E-state index contributed by atoms with van der Waals surface area (Å²) < 4.78 is 0. The molecular formula is C17H22ClNO. The number of carbonyl (C=O) groups excluding carboxylic acids is 1. The molecule has 1 N–H and O–H groups in total. The predicted octanol–water partition coefficient (Wildman–Crippen LogP) is 4.07. The van der Waals surface area contributed by atoms with E-state index in [0.29, 0.717) is 11.5 Å². The Morgan fingerprint density at radius 1 is 1.20 bits per heavy atom. The van der Waals surface area contributed by atoms with Crippen molar-refractivity contribution in [3.05, 3.63) is 34.9 Å². The summed E-state index contributed by atoms with van der Waals surface area (Å²) in [6.45, 7) is 4.57. The van der Waals surface area contributed by atoms with Crippen LogP contribution >= 0.6 is 11.6 Å². The monoisotopic (exact) mass is 291 g/mol. The van der Waals surface area contributed by atoms with Crippen molar-refractivity contribution in [3.63, 3.8) is 0 Å². The van der Waals surface area contributed by atoms with Crippen LogP contribution in [0, 0.1) is 5.41 Å². The third kappa shape index (κ3) is 2.58. The van der Waals surface area contributed by atoms with Crippen LogP contribution in [0.2, 0.25) is 5.02 Å². The number of amides is 1. The zero-order valence-electron chi connectivity index (χ0n) is 12.2. The molecule has 2 aliphatic carbocycles. The average molecular weight is 292 g/mol. The van der Waals surface area contributed by atoms with E-state index in [-0.39, 0.29) is 11.3 Å². The van der Waals surface area contributed by atoms with E-state index >= 15 is 0 Å². The van der Waals surface area contributed by atoms with Crippen molar-refractivity contribution >= 4 is 17.5 Å². The lowest BCUT2D eigenvalue weighted by Crippen LogP contribution is -2.40. The third-order valence-corrected chi connectivity index (χ3v) is 5.14. The lowest BCUT2D eigenvalue weighted by Gasteiger charge is -2.21. The van der Waals surface area contributed by atoms with E-state index in [0.717, 1.165) is 36.3 Å². The molecule has 1 atom stereocenters. The van der Waals surface area contributed by atoms with Crippen molar-refractivity contribution in [2.24, 2.45) is 5.41 Å². The maximum atomic E-state index is 12.6. The molecule has 0 spiro atoms. The molecular weight excluding hydrogens is 270 g/mol. The summed E-state index contributed by atoms with van der Waals surface area (Å²) in [5.41, 5.74) is 1.20. The summed E-state index contributed by atoms with van der Waals surface area (Å²) in [5.74, 6) is 0.211. The Balaban J connectivity index is 1.69. The Morgan fingerprint density at radius 3 is 2.35 bits per heavy atom. The molecule has 2 fully saturated rings. The standard InChI is InChI=1S/C17H22ClNO/c1-16(2)8-7-14(11-16)19-15(20)17(9-10-17)12-3-5-13(18)6-4-12/h3-6,14H,7-11H2,1-2H3,(H,19,20). The molecule has 0 aromatic heterocycles. The molecule has 2 saturated carbocycles. The summed E-state index contributed by atoms with van der Waals surface area (Å²) in [7, 11) is 0. The van der Waals surface area contributed by atoms with Crippen molar-refractivity contribution in [2.75, 3.05) is 0 Å². The van der Waals surface area contributed by atoms with E-state index in [2.05, 4.69) is 19.2 Å². The van der Waals surface area contributed by atoms with E-state index in [9.17, 15) is 4.79 Å². The molecule has 0 aliphatic heterocycles. The molecule has 0 radical (unpaired) electrons. The second-order valence-electron chi connectivity index (χ2n) is 7.17. The van der Waals surface area contributed by atoms with Gasteiger partial charge in [-0.05, 0) is 55.2 Å². The van der Waals surface area contributed by atoms with E-state index in [4.69, 9.17) is 11.6 Å².